The molecule has 1 saturated heterocycles. The van der Waals surface area contributed by atoms with E-state index >= 15 is 0 Å². The van der Waals surface area contributed by atoms with Gasteiger partial charge in [0.05, 0.1) is 0 Å². The Balaban J connectivity index is 1.92. The van der Waals surface area contributed by atoms with Crippen LogP contribution in [0, 0.1) is 5.92 Å². The Kier molecular flexibility index (Phi) is 6.45. The fourth-order valence-electron chi connectivity index (χ4n) is 3.10. The van der Waals surface area contributed by atoms with Gasteiger partial charge in [0.15, 0.2) is 0 Å². The number of aryl methyl sites for hydroxylation is 1. The monoisotopic (exact) mass is 357 g/mol. The van der Waals surface area contributed by atoms with Crippen molar-refractivity contribution in [3.8, 4) is 0 Å². The van der Waals surface area contributed by atoms with Gasteiger partial charge in [-0.2, -0.15) is 13.2 Å². The summed E-state index contributed by atoms with van der Waals surface area (Å²) >= 11 is 0. The van der Waals surface area contributed by atoms with E-state index in [0.29, 0.717) is 30.6 Å². The van der Waals surface area contributed by atoms with Crippen molar-refractivity contribution < 1.29 is 27.9 Å². The first-order valence-corrected chi connectivity index (χ1v) is 8.41. The summed E-state index contributed by atoms with van der Waals surface area (Å²) in [5.41, 5.74) is 1.00. The van der Waals surface area contributed by atoms with Crippen LogP contribution in [0.3, 0.4) is 0 Å². The summed E-state index contributed by atoms with van der Waals surface area (Å²) in [5, 5.41) is 8.77. The lowest BCUT2D eigenvalue weighted by Crippen LogP contribution is -2.40. The van der Waals surface area contributed by atoms with E-state index in [4.69, 9.17) is 5.11 Å². The number of carboxylic acids is 1. The molecule has 0 spiro atoms. The number of carbonyl (C=O) groups excluding carboxylic acids is 1. The number of alkyl halides is 3. The van der Waals surface area contributed by atoms with Crippen LogP contribution in [0.4, 0.5) is 13.2 Å². The van der Waals surface area contributed by atoms with Crippen LogP contribution in [-0.2, 0) is 11.2 Å². The van der Waals surface area contributed by atoms with Crippen LogP contribution >= 0.6 is 0 Å². The second kappa shape index (κ2) is 8.36. The van der Waals surface area contributed by atoms with Gasteiger partial charge in [-0.15, -0.1) is 0 Å². The quantitative estimate of drug-likeness (QED) is 0.840. The largest absolute Gasteiger partial charge is 0.481 e. The number of hydrogen-bond acceptors (Lipinski definition) is 2. The van der Waals surface area contributed by atoms with Gasteiger partial charge in [0.1, 0.15) is 0 Å². The number of halogens is 3. The molecule has 1 aliphatic heterocycles. The molecule has 2 rings (SSSR count). The summed E-state index contributed by atoms with van der Waals surface area (Å²) in [5.74, 6) is -0.805. The predicted molar refractivity (Wildman–Crippen MR) is 86.3 cm³/mol. The summed E-state index contributed by atoms with van der Waals surface area (Å²) in [6.45, 7) is 1.15. The van der Waals surface area contributed by atoms with Crippen LogP contribution in [0.2, 0.25) is 0 Å². The van der Waals surface area contributed by atoms with Gasteiger partial charge in [-0.1, -0.05) is 12.1 Å². The molecule has 0 radical (unpaired) electrons. The third-order valence-corrected chi connectivity index (χ3v) is 4.47. The summed E-state index contributed by atoms with van der Waals surface area (Å²) in [6, 6.07) is 6.25. The van der Waals surface area contributed by atoms with E-state index in [1.54, 1.807) is 29.2 Å². The normalized spacial score (nSPS) is 18.2. The molecule has 1 unspecified atom stereocenters. The third kappa shape index (κ3) is 6.40. The lowest BCUT2D eigenvalue weighted by atomic mass is 9.93. The molecule has 4 nitrogen and oxygen atoms in total. The SMILES string of the molecule is O=C(O)CCC1CCCN(C(=O)c2ccc(CCC(F)(F)F)cc2)C1. The van der Waals surface area contributed by atoms with Crippen LogP contribution in [0.1, 0.15) is 48.0 Å². The number of carboxylic acid groups (broad SMARTS) is 1. The van der Waals surface area contributed by atoms with Crippen molar-refractivity contribution in [2.45, 2.75) is 44.7 Å². The highest BCUT2D eigenvalue weighted by atomic mass is 19.4. The number of hydrogen-bond donors (Lipinski definition) is 1. The molecule has 0 aliphatic carbocycles. The van der Waals surface area contributed by atoms with Crippen molar-refractivity contribution >= 4 is 11.9 Å². The highest BCUT2D eigenvalue weighted by Gasteiger charge is 2.27. The lowest BCUT2D eigenvalue weighted by molar-refractivity contribution is -0.137. The summed E-state index contributed by atoms with van der Waals surface area (Å²) in [7, 11) is 0. The smallest absolute Gasteiger partial charge is 0.389 e. The van der Waals surface area contributed by atoms with E-state index in [-0.39, 0.29) is 24.7 Å². The molecule has 0 bridgehead atoms. The van der Waals surface area contributed by atoms with Crippen LogP contribution < -0.4 is 0 Å². The second-order valence-corrected chi connectivity index (χ2v) is 6.50. The average molecular weight is 357 g/mol. The number of amides is 1. The standard InChI is InChI=1S/C18H22F3NO3/c19-18(20,21)10-9-13-3-6-15(7-4-13)17(25)22-11-1-2-14(12-22)5-8-16(23)24/h3-4,6-7,14H,1-2,5,8-12H2,(H,23,24). The van der Waals surface area contributed by atoms with Crippen molar-refractivity contribution in [1.29, 1.82) is 0 Å². The average Bonchev–Trinajstić information content (AvgIpc) is 2.57. The Bertz CT molecular complexity index is 599. The Morgan fingerprint density at radius 3 is 2.48 bits per heavy atom. The number of aliphatic carboxylic acids is 1. The zero-order valence-electron chi connectivity index (χ0n) is 13.9. The molecule has 1 N–H and O–H groups in total. The molecular weight excluding hydrogens is 335 g/mol. The molecule has 1 aliphatic rings. The van der Waals surface area contributed by atoms with Crippen LogP contribution in [0.15, 0.2) is 24.3 Å². The van der Waals surface area contributed by atoms with E-state index in [9.17, 15) is 22.8 Å². The second-order valence-electron chi connectivity index (χ2n) is 6.50. The summed E-state index contributed by atoms with van der Waals surface area (Å²) in [6.07, 6.45) is -2.77. The first-order chi connectivity index (χ1) is 11.7. The van der Waals surface area contributed by atoms with Gasteiger partial charge in [-0.05, 0) is 49.3 Å². The highest BCUT2D eigenvalue weighted by Crippen LogP contribution is 2.24. The maximum absolute atomic E-state index is 12.5. The molecule has 0 saturated carbocycles. The minimum Gasteiger partial charge on any atom is -0.481 e. The maximum Gasteiger partial charge on any atom is 0.389 e. The minimum atomic E-state index is -4.19. The molecule has 1 atom stereocenters. The fourth-order valence-corrected chi connectivity index (χ4v) is 3.10. The topological polar surface area (TPSA) is 57.6 Å². The van der Waals surface area contributed by atoms with E-state index in [2.05, 4.69) is 0 Å². The van der Waals surface area contributed by atoms with Gasteiger partial charge in [-0.3, -0.25) is 9.59 Å². The number of likely N-dealkylation sites (tertiary alicyclic amines) is 1. The molecule has 1 aromatic carbocycles. The summed E-state index contributed by atoms with van der Waals surface area (Å²) in [4.78, 5) is 24.9. The number of carbonyl (C=O) groups is 2. The first kappa shape index (κ1) is 19.3. The van der Waals surface area contributed by atoms with Crippen molar-refractivity contribution in [2.75, 3.05) is 13.1 Å². The Labute approximate surface area is 144 Å². The van der Waals surface area contributed by atoms with Gasteiger partial charge < -0.3 is 10.0 Å². The highest BCUT2D eigenvalue weighted by molar-refractivity contribution is 5.94. The van der Waals surface area contributed by atoms with E-state index < -0.39 is 18.6 Å². The molecule has 1 fully saturated rings. The number of piperidine rings is 1. The molecule has 1 aromatic rings. The Morgan fingerprint density at radius 2 is 1.88 bits per heavy atom. The zero-order valence-corrected chi connectivity index (χ0v) is 13.9. The van der Waals surface area contributed by atoms with Gasteiger partial charge in [0.2, 0.25) is 0 Å². The lowest BCUT2D eigenvalue weighted by Gasteiger charge is -2.32. The van der Waals surface area contributed by atoms with E-state index in [1.807, 2.05) is 0 Å². The molecule has 7 heteroatoms. The number of benzene rings is 1. The van der Waals surface area contributed by atoms with Gasteiger partial charge in [-0.25, -0.2) is 0 Å². The molecular formula is C18H22F3NO3. The number of nitrogens with zero attached hydrogens (tertiary/aromatic N) is 1. The van der Waals surface area contributed by atoms with Crippen molar-refractivity contribution in [3.05, 3.63) is 35.4 Å². The van der Waals surface area contributed by atoms with E-state index in [0.717, 1.165) is 12.8 Å². The number of rotatable bonds is 6. The van der Waals surface area contributed by atoms with E-state index in [1.165, 1.54) is 0 Å². The molecule has 1 heterocycles. The predicted octanol–water partition coefficient (Wildman–Crippen LogP) is 3.90. The third-order valence-electron chi connectivity index (χ3n) is 4.47. The van der Waals surface area contributed by atoms with Gasteiger partial charge in [0.25, 0.3) is 5.91 Å². The molecule has 0 aromatic heterocycles. The van der Waals surface area contributed by atoms with Crippen LogP contribution in [0.25, 0.3) is 0 Å². The van der Waals surface area contributed by atoms with Gasteiger partial charge >= 0.3 is 12.1 Å². The summed E-state index contributed by atoms with van der Waals surface area (Å²) < 4.78 is 36.7. The first-order valence-electron chi connectivity index (χ1n) is 8.41. The fraction of sp³-hybridized carbons (Fsp3) is 0.556. The maximum atomic E-state index is 12.5. The van der Waals surface area contributed by atoms with Crippen LogP contribution in [0.5, 0.6) is 0 Å². The van der Waals surface area contributed by atoms with Crippen LogP contribution in [-0.4, -0.2) is 41.1 Å². The molecule has 1 amide bonds. The minimum absolute atomic E-state index is 0.0978. The molecule has 25 heavy (non-hydrogen) atoms. The van der Waals surface area contributed by atoms with Crippen molar-refractivity contribution in [2.24, 2.45) is 5.92 Å². The molecule has 138 valence electrons. The van der Waals surface area contributed by atoms with Crippen molar-refractivity contribution in [1.82, 2.24) is 4.90 Å². The van der Waals surface area contributed by atoms with Gasteiger partial charge in [0, 0.05) is 31.5 Å². The zero-order chi connectivity index (χ0) is 18.4. The van der Waals surface area contributed by atoms with Crippen molar-refractivity contribution in [3.63, 3.8) is 0 Å². The Hall–Kier alpha value is -2.05. The Morgan fingerprint density at radius 1 is 1.20 bits per heavy atom.